The van der Waals surface area contributed by atoms with Gasteiger partial charge in [-0.2, -0.15) is 5.26 Å². The minimum Gasteiger partial charge on any atom is -0.389 e. The molecule has 2 aliphatic rings. The molecule has 0 spiro atoms. The quantitative estimate of drug-likeness (QED) is 0.836. The summed E-state index contributed by atoms with van der Waals surface area (Å²) in [4.78, 5) is 3.00. The Morgan fingerprint density at radius 1 is 1.29 bits per heavy atom. The molecule has 132 valence electrons. The van der Waals surface area contributed by atoms with Crippen molar-refractivity contribution in [3.63, 3.8) is 0 Å². The average Bonchev–Trinajstić information content (AvgIpc) is 2.97. The Hall–Kier alpha value is -1.27. The summed E-state index contributed by atoms with van der Waals surface area (Å²) in [5, 5.41) is 21.1. The molecular formula is C21H32N2O. The molecule has 4 atom stereocenters. The minimum atomic E-state index is -0.641. The van der Waals surface area contributed by atoms with Crippen LogP contribution in [-0.4, -0.2) is 15.7 Å². The van der Waals surface area contributed by atoms with Crippen molar-refractivity contribution in [1.82, 2.24) is 4.98 Å². The van der Waals surface area contributed by atoms with Crippen LogP contribution < -0.4 is 0 Å². The number of fused-ring (bicyclic) bond motifs is 1. The predicted octanol–water partition coefficient (Wildman–Crippen LogP) is 4.81. The molecule has 2 N–H and O–H groups in total. The molecule has 0 saturated heterocycles. The smallest absolute Gasteiger partial charge is 0.120 e. The lowest BCUT2D eigenvalue weighted by molar-refractivity contribution is -0.211. The monoisotopic (exact) mass is 328 g/mol. The standard InChI is InChI=1S/C21H32N2O/c1-15-6-7-18-19(2,3)10-5-11-20(18,4)21(15,24)12-8-16-9-13-23-17(16)14-22/h9,13,15,18,23-24H,5-8,10-12H2,1-4H3/t15-,18+,20+,21-/m1/s1. The molecule has 24 heavy (non-hydrogen) atoms. The first kappa shape index (κ1) is 17.5. The molecule has 2 saturated carbocycles. The SMILES string of the molecule is C[C@@H]1CC[C@H]2C(C)(C)CCC[C@]2(C)[C@@]1(O)CCc1cc[nH]c1C#N. The Balaban J connectivity index is 1.89. The Bertz CT molecular complexity index is 641. The van der Waals surface area contributed by atoms with Crippen LogP contribution in [0, 0.1) is 34.0 Å². The lowest BCUT2D eigenvalue weighted by atomic mass is 9.44. The fourth-order valence-corrected chi connectivity index (χ4v) is 6.14. The maximum atomic E-state index is 11.9. The van der Waals surface area contributed by atoms with Crippen LogP contribution in [0.25, 0.3) is 0 Å². The van der Waals surface area contributed by atoms with Crippen molar-refractivity contribution in [2.75, 3.05) is 0 Å². The van der Waals surface area contributed by atoms with Crippen LogP contribution in [0.5, 0.6) is 0 Å². The van der Waals surface area contributed by atoms with E-state index in [0.717, 1.165) is 31.2 Å². The summed E-state index contributed by atoms with van der Waals surface area (Å²) in [5.41, 5.74) is 1.34. The van der Waals surface area contributed by atoms with Gasteiger partial charge in [0, 0.05) is 6.20 Å². The van der Waals surface area contributed by atoms with Gasteiger partial charge in [-0.3, -0.25) is 0 Å². The lowest BCUT2D eigenvalue weighted by Crippen LogP contribution is -2.62. The molecule has 0 unspecified atom stereocenters. The first-order valence-electron chi connectivity index (χ1n) is 9.53. The van der Waals surface area contributed by atoms with E-state index in [4.69, 9.17) is 0 Å². The van der Waals surface area contributed by atoms with Crippen molar-refractivity contribution >= 4 is 0 Å². The topological polar surface area (TPSA) is 59.8 Å². The zero-order valence-corrected chi connectivity index (χ0v) is 15.7. The van der Waals surface area contributed by atoms with Crippen molar-refractivity contribution in [2.45, 2.75) is 78.2 Å². The Labute approximate surface area is 146 Å². The third-order valence-electron chi connectivity index (χ3n) is 7.64. The van der Waals surface area contributed by atoms with Crippen molar-refractivity contribution in [3.8, 4) is 6.07 Å². The number of nitrogens with zero attached hydrogens (tertiary/aromatic N) is 1. The fraction of sp³-hybridized carbons (Fsp3) is 0.762. The van der Waals surface area contributed by atoms with E-state index in [1.165, 1.54) is 19.3 Å². The second-order valence-electron chi connectivity index (χ2n) is 9.20. The molecule has 0 bridgehead atoms. The van der Waals surface area contributed by atoms with Gasteiger partial charge in [-0.15, -0.1) is 0 Å². The first-order chi connectivity index (χ1) is 11.2. The van der Waals surface area contributed by atoms with Crippen molar-refractivity contribution in [3.05, 3.63) is 23.5 Å². The highest BCUT2D eigenvalue weighted by atomic mass is 16.3. The third-order valence-corrected chi connectivity index (χ3v) is 7.64. The number of hydrogen-bond acceptors (Lipinski definition) is 2. The van der Waals surface area contributed by atoms with Gasteiger partial charge in [0.1, 0.15) is 11.8 Å². The van der Waals surface area contributed by atoms with Gasteiger partial charge in [-0.25, -0.2) is 0 Å². The highest BCUT2D eigenvalue weighted by Gasteiger charge is 2.60. The number of nitriles is 1. The maximum absolute atomic E-state index is 11.9. The molecule has 2 fully saturated rings. The molecule has 3 heteroatoms. The highest BCUT2D eigenvalue weighted by molar-refractivity contribution is 5.32. The summed E-state index contributed by atoms with van der Waals surface area (Å²) in [6.45, 7) is 9.36. The fourth-order valence-electron chi connectivity index (χ4n) is 6.14. The van der Waals surface area contributed by atoms with Crippen LogP contribution in [0.1, 0.15) is 77.5 Å². The first-order valence-corrected chi connectivity index (χ1v) is 9.53. The van der Waals surface area contributed by atoms with E-state index in [0.29, 0.717) is 22.9 Å². The molecule has 0 aromatic carbocycles. The number of aromatic amines is 1. The zero-order valence-electron chi connectivity index (χ0n) is 15.7. The van der Waals surface area contributed by atoms with E-state index in [1.807, 2.05) is 12.3 Å². The molecule has 1 heterocycles. The number of nitrogens with one attached hydrogen (secondary N) is 1. The Kier molecular flexibility index (Phi) is 4.33. The number of aryl methyl sites for hydroxylation is 1. The minimum absolute atomic E-state index is 0.0183. The number of H-pyrrole nitrogens is 1. The molecule has 1 aromatic rings. The second-order valence-corrected chi connectivity index (χ2v) is 9.20. The van der Waals surface area contributed by atoms with Crippen LogP contribution in [0.4, 0.5) is 0 Å². The molecule has 3 rings (SSSR count). The number of aromatic nitrogens is 1. The summed E-state index contributed by atoms with van der Waals surface area (Å²) >= 11 is 0. The average molecular weight is 328 g/mol. The van der Waals surface area contributed by atoms with Crippen LogP contribution in [0.2, 0.25) is 0 Å². The van der Waals surface area contributed by atoms with E-state index in [-0.39, 0.29) is 5.41 Å². The largest absolute Gasteiger partial charge is 0.389 e. The van der Waals surface area contributed by atoms with Gasteiger partial charge >= 0.3 is 0 Å². The van der Waals surface area contributed by atoms with E-state index in [2.05, 4.69) is 38.7 Å². The maximum Gasteiger partial charge on any atom is 0.120 e. The van der Waals surface area contributed by atoms with Gasteiger partial charge in [-0.05, 0) is 72.8 Å². The molecule has 0 amide bonds. The van der Waals surface area contributed by atoms with Gasteiger partial charge in [0.05, 0.1) is 5.60 Å². The van der Waals surface area contributed by atoms with E-state index < -0.39 is 5.60 Å². The molecule has 0 radical (unpaired) electrons. The zero-order chi connectivity index (χ0) is 17.6. The third kappa shape index (κ3) is 2.51. The summed E-state index contributed by atoms with van der Waals surface area (Å²) in [5.74, 6) is 0.902. The molecular weight excluding hydrogens is 296 g/mol. The van der Waals surface area contributed by atoms with Crippen molar-refractivity contribution < 1.29 is 5.11 Å². The molecule has 2 aliphatic carbocycles. The van der Waals surface area contributed by atoms with Crippen molar-refractivity contribution in [2.24, 2.45) is 22.7 Å². The highest BCUT2D eigenvalue weighted by Crippen LogP contribution is 2.63. The van der Waals surface area contributed by atoms with Crippen LogP contribution in [0.15, 0.2) is 12.3 Å². The van der Waals surface area contributed by atoms with Gasteiger partial charge in [0.15, 0.2) is 0 Å². The normalized spacial score (nSPS) is 38.3. The van der Waals surface area contributed by atoms with Gasteiger partial charge in [0.2, 0.25) is 0 Å². The molecule has 1 aromatic heterocycles. The second kappa shape index (κ2) is 5.92. The number of hydrogen-bond donors (Lipinski definition) is 2. The summed E-state index contributed by atoms with van der Waals surface area (Å²) < 4.78 is 0. The van der Waals surface area contributed by atoms with E-state index in [1.54, 1.807) is 0 Å². The predicted molar refractivity (Wildman–Crippen MR) is 96.4 cm³/mol. The summed E-state index contributed by atoms with van der Waals surface area (Å²) in [6, 6.07) is 4.21. The van der Waals surface area contributed by atoms with E-state index >= 15 is 0 Å². The van der Waals surface area contributed by atoms with Crippen LogP contribution >= 0.6 is 0 Å². The molecule has 3 nitrogen and oxygen atoms in total. The van der Waals surface area contributed by atoms with Gasteiger partial charge in [-0.1, -0.05) is 34.1 Å². The summed E-state index contributed by atoms with van der Waals surface area (Å²) in [7, 11) is 0. The van der Waals surface area contributed by atoms with E-state index in [9.17, 15) is 10.4 Å². The molecule has 0 aliphatic heterocycles. The number of aliphatic hydroxyl groups is 1. The van der Waals surface area contributed by atoms with Crippen LogP contribution in [0.3, 0.4) is 0 Å². The Morgan fingerprint density at radius 3 is 2.75 bits per heavy atom. The van der Waals surface area contributed by atoms with Gasteiger partial charge < -0.3 is 10.1 Å². The Morgan fingerprint density at radius 2 is 2.04 bits per heavy atom. The lowest BCUT2D eigenvalue weighted by Gasteiger charge is -2.63. The van der Waals surface area contributed by atoms with Gasteiger partial charge in [0.25, 0.3) is 0 Å². The van der Waals surface area contributed by atoms with Crippen molar-refractivity contribution in [1.29, 1.82) is 5.26 Å². The van der Waals surface area contributed by atoms with Crippen LogP contribution in [-0.2, 0) is 6.42 Å². The summed E-state index contributed by atoms with van der Waals surface area (Å²) in [6.07, 6.45) is 9.31. The number of rotatable bonds is 3.